The van der Waals surface area contributed by atoms with Crippen LogP contribution in [0.2, 0.25) is 0 Å². The van der Waals surface area contributed by atoms with E-state index in [2.05, 4.69) is 21.2 Å². The minimum absolute atomic E-state index is 0.0720. The number of benzene rings is 2. The van der Waals surface area contributed by atoms with Crippen molar-refractivity contribution < 1.29 is 4.79 Å². The molecule has 0 spiro atoms. The number of halogens is 1. The van der Waals surface area contributed by atoms with Gasteiger partial charge in [0.15, 0.2) is 0 Å². The Morgan fingerprint density at radius 2 is 1.90 bits per heavy atom. The van der Waals surface area contributed by atoms with Crippen molar-refractivity contribution in [2.45, 2.75) is 6.54 Å². The number of nitrogens with zero attached hydrogens (tertiary/aromatic N) is 1. The molecular formula is C16H14BrN3O. The molecule has 1 heterocycles. The van der Waals surface area contributed by atoms with E-state index < -0.39 is 0 Å². The fourth-order valence-electron chi connectivity index (χ4n) is 2.23. The highest BCUT2D eigenvalue weighted by molar-refractivity contribution is 9.10. The molecule has 0 unspecified atom stereocenters. The number of hydrogen-bond donors (Lipinski definition) is 2. The second kappa shape index (κ2) is 5.61. The SMILES string of the molecule is Nc1ccc2ccn(CC(=O)Nc3ccc(Br)cc3)c2c1. The molecule has 106 valence electrons. The lowest BCUT2D eigenvalue weighted by molar-refractivity contribution is -0.116. The molecule has 3 N–H and O–H groups in total. The zero-order chi connectivity index (χ0) is 14.8. The fourth-order valence-corrected chi connectivity index (χ4v) is 2.49. The van der Waals surface area contributed by atoms with Crippen LogP contribution < -0.4 is 11.1 Å². The Balaban J connectivity index is 1.77. The van der Waals surface area contributed by atoms with Gasteiger partial charge in [-0.25, -0.2) is 0 Å². The van der Waals surface area contributed by atoms with Gasteiger partial charge in [-0.2, -0.15) is 0 Å². The molecule has 1 amide bonds. The van der Waals surface area contributed by atoms with E-state index in [-0.39, 0.29) is 12.5 Å². The molecule has 5 heteroatoms. The third-order valence-electron chi connectivity index (χ3n) is 3.24. The van der Waals surface area contributed by atoms with Crippen molar-refractivity contribution >= 4 is 44.1 Å². The number of nitrogens with one attached hydrogen (secondary N) is 1. The van der Waals surface area contributed by atoms with Crippen molar-refractivity contribution in [1.29, 1.82) is 0 Å². The molecule has 4 nitrogen and oxygen atoms in total. The van der Waals surface area contributed by atoms with Gasteiger partial charge in [0.2, 0.25) is 5.91 Å². The van der Waals surface area contributed by atoms with E-state index in [0.29, 0.717) is 5.69 Å². The Labute approximate surface area is 130 Å². The second-order valence-electron chi connectivity index (χ2n) is 4.82. The molecule has 3 aromatic rings. The predicted molar refractivity (Wildman–Crippen MR) is 89.1 cm³/mol. The summed E-state index contributed by atoms with van der Waals surface area (Å²) in [4.78, 5) is 12.1. The lowest BCUT2D eigenvalue weighted by Gasteiger charge is -2.08. The number of carbonyl (C=O) groups is 1. The van der Waals surface area contributed by atoms with Crippen LogP contribution in [0.25, 0.3) is 10.9 Å². The number of anilines is 2. The van der Waals surface area contributed by atoms with Crippen molar-refractivity contribution in [1.82, 2.24) is 4.57 Å². The normalized spacial score (nSPS) is 10.7. The van der Waals surface area contributed by atoms with Gasteiger partial charge in [0.1, 0.15) is 6.54 Å². The van der Waals surface area contributed by atoms with Gasteiger partial charge in [-0.3, -0.25) is 4.79 Å². The number of aromatic nitrogens is 1. The smallest absolute Gasteiger partial charge is 0.244 e. The summed E-state index contributed by atoms with van der Waals surface area (Å²) < 4.78 is 2.87. The Bertz CT molecular complexity index is 793. The van der Waals surface area contributed by atoms with Crippen molar-refractivity contribution in [3.8, 4) is 0 Å². The fraction of sp³-hybridized carbons (Fsp3) is 0.0625. The van der Waals surface area contributed by atoms with E-state index in [1.807, 2.05) is 59.3 Å². The lowest BCUT2D eigenvalue weighted by Crippen LogP contribution is -2.18. The second-order valence-corrected chi connectivity index (χ2v) is 5.73. The van der Waals surface area contributed by atoms with Crippen LogP contribution in [0.3, 0.4) is 0 Å². The highest BCUT2D eigenvalue weighted by Gasteiger charge is 2.07. The topological polar surface area (TPSA) is 60.0 Å². The van der Waals surface area contributed by atoms with Crippen LogP contribution >= 0.6 is 15.9 Å². The first-order chi connectivity index (χ1) is 10.1. The molecule has 0 aliphatic rings. The van der Waals surface area contributed by atoms with Crippen molar-refractivity contribution in [3.63, 3.8) is 0 Å². The van der Waals surface area contributed by atoms with Crippen LogP contribution in [0.4, 0.5) is 11.4 Å². The summed E-state index contributed by atoms with van der Waals surface area (Å²) in [5.41, 5.74) is 8.23. The monoisotopic (exact) mass is 343 g/mol. The van der Waals surface area contributed by atoms with Gasteiger partial charge in [-0.05, 0) is 47.9 Å². The van der Waals surface area contributed by atoms with Crippen LogP contribution in [0.5, 0.6) is 0 Å². The number of nitrogen functional groups attached to an aromatic ring is 1. The summed E-state index contributed by atoms with van der Waals surface area (Å²) in [7, 11) is 0. The molecule has 0 radical (unpaired) electrons. The number of amides is 1. The van der Waals surface area contributed by atoms with Gasteiger partial charge >= 0.3 is 0 Å². The minimum atomic E-state index is -0.0720. The largest absolute Gasteiger partial charge is 0.399 e. The first-order valence-electron chi connectivity index (χ1n) is 6.51. The summed E-state index contributed by atoms with van der Waals surface area (Å²) in [6.07, 6.45) is 1.89. The maximum atomic E-state index is 12.1. The molecule has 0 atom stereocenters. The summed E-state index contributed by atoms with van der Waals surface area (Å²) in [5.74, 6) is -0.0720. The van der Waals surface area contributed by atoms with E-state index in [4.69, 9.17) is 5.73 Å². The van der Waals surface area contributed by atoms with Gasteiger partial charge in [-0.15, -0.1) is 0 Å². The zero-order valence-electron chi connectivity index (χ0n) is 11.2. The van der Waals surface area contributed by atoms with Gasteiger partial charge in [-0.1, -0.05) is 22.0 Å². The van der Waals surface area contributed by atoms with Crippen LogP contribution in [0, 0.1) is 0 Å². The molecule has 0 aliphatic heterocycles. The van der Waals surface area contributed by atoms with E-state index in [1.54, 1.807) is 0 Å². The molecule has 0 aliphatic carbocycles. The van der Waals surface area contributed by atoms with Gasteiger partial charge in [0.05, 0.1) is 5.52 Å². The molecular weight excluding hydrogens is 330 g/mol. The van der Waals surface area contributed by atoms with Crippen LogP contribution in [-0.4, -0.2) is 10.5 Å². The third kappa shape index (κ3) is 3.08. The van der Waals surface area contributed by atoms with Crippen molar-refractivity contribution in [3.05, 3.63) is 59.2 Å². The lowest BCUT2D eigenvalue weighted by atomic mass is 10.2. The average Bonchev–Trinajstić information content (AvgIpc) is 2.84. The molecule has 0 saturated heterocycles. The van der Waals surface area contributed by atoms with E-state index >= 15 is 0 Å². The summed E-state index contributed by atoms with van der Waals surface area (Å²) in [6, 6.07) is 15.1. The summed E-state index contributed by atoms with van der Waals surface area (Å²) in [5, 5.41) is 3.94. The highest BCUT2D eigenvalue weighted by Crippen LogP contribution is 2.19. The standard InChI is InChI=1S/C16H14BrN3O/c17-12-2-5-14(6-3-12)19-16(21)10-20-8-7-11-1-4-13(18)9-15(11)20/h1-9H,10,18H2,(H,19,21). The molecule has 0 saturated carbocycles. The third-order valence-corrected chi connectivity index (χ3v) is 3.77. The summed E-state index contributed by atoms with van der Waals surface area (Å²) >= 11 is 3.37. The van der Waals surface area contributed by atoms with E-state index in [9.17, 15) is 4.79 Å². The number of rotatable bonds is 3. The Hall–Kier alpha value is -2.27. The van der Waals surface area contributed by atoms with Crippen LogP contribution in [0.1, 0.15) is 0 Å². The molecule has 1 aromatic heterocycles. The Kier molecular flexibility index (Phi) is 3.66. The first-order valence-corrected chi connectivity index (χ1v) is 7.31. The van der Waals surface area contributed by atoms with Gasteiger partial charge in [0, 0.05) is 22.0 Å². The Morgan fingerprint density at radius 1 is 1.14 bits per heavy atom. The number of fused-ring (bicyclic) bond motifs is 1. The first kappa shape index (κ1) is 13.7. The van der Waals surface area contributed by atoms with E-state index in [0.717, 1.165) is 21.1 Å². The number of nitrogens with two attached hydrogens (primary N) is 1. The number of carbonyl (C=O) groups excluding carboxylic acids is 1. The van der Waals surface area contributed by atoms with Gasteiger partial charge < -0.3 is 15.6 Å². The average molecular weight is 344 g/mol. The minimum Gasteiger partial charge on any atom is -0.399 e. The summed E-state index contributed by atoms with van der Waals surface area (Å²) in [6.45, 7) is 0.253. The van der Waals surface area contributed by atoms with Crippen LogP contribution in [0.15, 0.2) is 59.2 Å². The molecule has 3 rings (SSSR count). The Morgan fingerprint density at radius 3 is 2.67 bits per heavy atom. The quantitative estimate of drug-likeness (QED) is 0.713. The van der Waals surface area contributed by atoms with Crippen molar-refractivity contribution in [2.24, 2.45) is 0 Å². The number of hydrogen-bond acceptors (Lipinski definition) is 2. The predicted octanol–water partition coefficient (Wildman–Crippen LogP) is 3.62. The van der Waals surface area contributed by atoms with Gasteiger partial charge in [0.25, 0.3) is 0 Å². The van der Waals surface area contributed by atoms with Crippen LogP contribution in [-0.2, 0) is 11.3 Å². The zero-order valence-corrected chi connectivity index (χ0v) is 12.8. The maximum Gasteiger partial charge on any atom is 0.244 e. The highest BCUT2D eigenvalue weighted by atomic mass is 79.9. The molecule has 0 bridgehead atoms. The molecule has 21 heavy (non-hydrogen) atoms. The molecule has 2 aromatic carbocycles. The maximum absolute atomic E-state index is 12.1. The van der Waals surface area contributed by atoms with Crippen molar-refractivity contribution in [2.75, 3.05) is 11.1 Å². The van der Waals surface area contributed by atoms with E-state index in [1.165, 1.54) is 0 Å². The molecule has 0 fully saturated rings.